The molecule has 3 heterocycles. The van der Waals surface area contributed by atoms with Crippen LogP contribution in [0.15, 0.2) is 28.4 Å². The van der Waals surface area contributed by atoms with Crippen molar-refractivity contribution < 1.29 is 9.18 Å². The number of carbonyl (C=O) groups is 1. The first kappa shape index (κ1) is 21.9. The average Bonchev–Trinajstić information content (AvgIpc) is 3.00. The molecule has 1 fully saturated rings. The summed E-state index contributed by atoms with van der Waals surface area (Å²) in [4.78, 5) is 25.5. The maximum absolute atomic E-state index is 12.3. The van der Waals surface area contributed by atoms with Crippen LogP contribution in [-0.2, 0) is 0 Å². The van der Waals surface area contributed by atoms with Gasteiger partial charge in [-0.25, -0.2) is 14.4 Å². The molecule has 0 aliphatic carbocycles. The number of alkyl halides is 1. The SMILES string of the molecule is C=N/C(=C\N=CC)n1cc(Cl)c2cc(C=O)c(C)nc21.CN1CCC(F)CC1. The second-order valence-corrected chi connectivity index (χ2v) is 6.94. The Hall–Kier alpha value is -2.38. The molecule has 0 atom stereocenters. The normalized spacial score (nSPS) is 16.2. The van der Waals surface area contributed by atoms with Crippen molar-refractivity contribution in [3.63, 3.8) is 0 Å². The Kier molecular flexibility index (Phi) is 8.02. The van der Waals surface area contributed by atoms with Crippen molar-refractivity contribution >= 4 is 47.7 Å². The molecule has 2 aromatic heterocycles. The lowest BCUT2D eigenvalue weighted by Crippen LogP contribution is -2.30. The molecule has 0 spiro atoms. The summed E-state index contributed by atoms with van der Waals surface area (Å²) < 4.78 is 14.0. The fourth-order valence-corrected chi connectivity index (χ4v) is 3.04. The second-order valence-electron chi connectivity index (χ2n) is 6.53. The molecule has 1 aliphatic heterocycles. The number of halogens is 2. The van der Waals surface area contributed by atoms with E-state index in [1.165, 1.54) is 0 Å². The molecule has 0 amide bonds. The number of nitrogens with zero attached hydrogens (tertiary/aromatic N) is 5. The molecular formula is C20H25ClFN5O. The average molecular weight is 406 g/mol. The summed E-state index contributed by atoms with van der Waals surface area (Å²) in [6.07, 6.45) is 6.59. The number of fused-ring (bicyclic) bond motifs is 1. The number of hydrogen-bond donors (Lipinski definition) is 0. The highest BCUT2D eigenvalue weighted by atomic mass is 35.5. The van der Waals surface area contributed by atoms with E-state index in [9.17, 15) is 9.18 Å². The van der Waals surface area contributed by atoms with E-state index in [2.05, 4.69) is 26.6 Å². The highest BCUT2D eigenvalue weighted by molar-refractivity contribution is 6.35. The maximum atomic E-state index is 12.3. The summed E-state index contributed by atoms with van der Waals surface area (Å²) >= 11 is 6.19. The largest absolute Gasteiger partial charge is 0.306 e. The summed E-state index contributed by atoms with van der Waals surface area (Å²) in [5, 5.41) is 1.18. The maximum Gasteiger partial charge on any atom is 0.156 e. The number of likely N-dealkylation sites (tertiary alicyclic amines) is 1. The number of aryl methyl sites for hydroxylation is 1. The van der Waals surface area contributed by atoms with Crippen molar-refractivity contribution in [2.45, 2.75) is 32.9 Å². The van der Waals surface area contributed by atoms with Crippen LogP contribution in [0.5, 0.6) is 0 Å². The monoisotopic (exact) mass is 405 g/mol. The van der Waals surface area contributed by atoms with E-state index >= 15 is 0 Å². The Bertz CT molecular complexity index is 888. The lowest BCUT2D eigenvalue weighted by atomic mass is 10.1. The van der Waals surface area contributed by atoms with Crippen LogP contribution in [-0.4, -0.2) is 60.0 Å². The molecule has 0 saturated carbocycles. The predicted octanol–water partition coefficient (Wildman–Crippen LogP) is 4.41. The number of aldehydes is 1. The summed E-state index contributed by atoms with van der Waals surface area (Å²) in [6, 6.07) is 1.72. The lowest BCUT2D eigenvalue weighted by molar-refractivity contribution is 0.112. The number of rotatable bonds is 4. The van der Waals surface area contributed by atoms with E-state index in [4.69, 9.17) is 11.6 Å². The van der Waals surface area contributed by atoms with Gasteiger partial charge in [0.05, 0.1) is 16.9 Å². The van der Waals surface area contributed by atoms with Crippen molar-refractivity contribution in [2.75, 3.05) is 20.1 Å². The number of aliphatic imine (C=N–C) groups is 2. The molecule has 2 aromatic rings. The van der Waals surface area contributed by atoms with Gasteiger partial charge < -0.3 is 4.90 Å². The third-order valence-corrected chi connectivity index (χ3v) is 4.78. The van der Waals surface area contributed by atoms with Crippen molar-refractivity contribution in [1.82, 2.24) is 14.5 Å². The van der Waals surface area contributed by atoms with E-state index in [-0.39, 0.29) is 0 Å². The first-order valence-electron chi connectivity index (χ1n) is 9.02. The molecule has 0 radical (unpaired) electrons. The zero-order valence-electron chi connectivity index (χ0n) is 16.4. The van der Waals surface area contributed by atoms with Gasteiger partial charge in [0.25, 0.3) is 0 Å². The summed E-state index contributed by atoms with van der Waals surface area (Å²) in [5.41, 5.74) is 1.76. The van der Waals surface area contributed by atoms with Gasteiger partial charge in [-0.15, -0.1) is 0 Å². The van der Waals surface area contributed by atoms with Gasteiger partial charge in [0, 0.05) is 36.5 Å². The summed E-state index contributed by atoms with van der Waals surface area (Å²) in [7, 11) is 2.03. The van der Waals surface area contributed by atoms with Gasteiger partial charge in [0.2, 0.25) is 0 Å². The first-order chi connectivity index (χ1) is 13.4. The molecule has 1 saturated heterocycles. The van der Waals surface area contributed by atoms with Crippen LogP contribution in [0.4, 0.5) is 4.39 Å². The molecule has 0 bridgehead atoms. The van der Waals surface area contributed by atoms with Crippen molar-refractivity contribution in [2.24, 2.45) is 9.98 Å². The Morgan fingerprint density at radius 2 is 2.11 bits per heavy atom. The third kappa shape index (κ3) is 5.33. The second kappa shape index (κ2) is 10.2. The molecule has 6 nitrogen and oxygen atoms in total. The zero-order chi connectivity index (χ0) is 20.7. The van der Waals surface area contributed by atoms with Crippen LogP contribution >= 0.6 is 11.6 Å². The molecule has 0 unspecified atom stereocenters. The van der Waals surface area contributed by atoms with Crippen LogP contribution in [0.25, 0.3) is 16.9 Å². The Balaban J connectivity index is 0.000000292. The number of aromatic nitrogens is 2. The molecule has 1 aliphatic rings. The molecule has 8 heteroatoms. The number of piperidine rings is 1. The predicted molar refractivity (Wildman–Crippen MR) is 114 cm³/mol. The van der Waals surface area contributed by atoms with E-state index < -0.39 is 6.17 Å². The van der Waals surface area contributed by atoms with Gasteiger partial charge in [0.1, 0.15) is 11.8 Å². The molecular weight excluding hydrogens is 381 g/mol. The first-order valence-corrected chi connectivity index (χ1v) is 9.40. The van der Waals surface area contributed by atoms with Gasteiger partial charge in [-0.1, -0.05) is 11.6 Å². The standard InChI is InChI=1S/C14H13ClN4O.C6H12FN/c1-4-17-6-13(16-3)19-7-12(15)11-5-10(8-20)9(2)18-14(11)19;1-8-4-2-6(7)3-5-8/h4-8H,3H2,1-2H3;6H,2-5H2,1H3/b13-6+,17-4?;. The molecule has 0 aromatic carbocycles. The highest BCUT2D eigenvalue weighted by Crippen LogP contribution is 2.28. The lowest BCUT2D eigenvalue weighted by Gasteiger charge is -2.23. The van der Waals surface area contributed by atoms with E-state index in [0.717, 1.165) is 32.2 Å². The van der Waals surface area contributed by atoms with Gasteiger partial charge in [-0.05, 0) is 46.5 Å². The van der Waals surface area contributed by atoms with Crippen molar-refractivity contribution in [1.29, 1.82) is 0 Å². The minimum atomic E-state index is -0.522. The number of hydrogen-bond acceptors (Lipinski definition) is 5. The Morgan fingerprint density at radius 3 is 2.64 bits per heavy atom. The van der Waals surface area contributed by atoms with E-state index in [0.29, 0.717) is 33.1 Å². The highest BCUT2D eigenvalue weighted by Gasteiger charge is 2.14. The molecule has 150 valence electrons. The smallest absolute Gasteiger partial charge is 0.156 e. The summed E-state index contributed by atoms with van der Waals surface area (Å²) in [6.45, 7) is 8.96. The van der Waals surface area contributed by atoms with E-state index in [1.807, 2.05) is 7.05 Å². The van der Waals surface area contributed by atoms with Gasteiger partial charge in [0.15, 0.2) is 12.1 Å². The van der Waals surface area contributed by atoms with Gasteiger partial charge >= 0.3 is 0 Å². The summed E-state index contributed by atoms with van der Waals surface area (Å²) in [5.74, 6) is 0.505. The Morgan fingerprint density at radius 1 is 1.43 bits per heavy atom. The quantitative estimate of drug-likeness (QED) is 0.559. The van der Waals surface area contributed by atoms with Crippen LogP contribution < -0.4 is 0 Å². The minimum absolute atomic E-state index is 0.491. The number of pyridine rings is 1. The zero-order valence-corrected chi connectivity index (χ0v) is 17.2. The third-order valence-electron chi connectivity index (χ3n) is 4.48. The van der Waals surface area contributed by atoms with E-state index in [1.54, 1.807) is 43.1 Å². The van der Waals surface area contributed by atoms with Crippen LogP contribution in [0.1, 0.15) is 35.8 Å². The Labute approximate surface area is 169 Å². The number of carbonyl (C=O) groups excluding carboxylic acids is 1. The molecule has 28 heavy (non-hydrogen) atoms. The van der Waals surface area contributed by atoms with Crippen LogP contribution in [0.3, 0.4) is 0 Å². The van der Waals surface area contributed by atoms with Crippen molar-refractivity contribution in [3.05, 3.63) is 34.7 Å². The molecule has 3 rings (SSSR count). The van der Waals surface area contributed by atoms with Gasteiger partial charge in [-0.3, -0.25) is 14.4 Å². The fourth-order valence-electron chi connectivity index (χ4n) is 2.80. The van der Waals surface area contributed by atoms with Crippen LogP contribution in [0.2, 0.25) is 5.02 Å². The van der Waals surface area contributed by atoms with Gasteiger partial charge in [-0.2, -0.15) is 0 Å². The molecule has 0 N–H and O–H groups in total. The van der Waals surface area contributed by atoms with Crippen LogP contribution in [0, 0.1) is 6.92 Å². The fraction of sp³-hybridized carbons (Fsp3) is 0.400. The minimum Gasteiger partial charge on any atom is -0.306 e. The van der Waals surface area contributed by atoms with Crippen molar-refractivity contribution in [3.8, 4) is 0 Å². The topological polar surface area (TPSA) is 62.9 Å².